The SMILES string of the molecule is Cc1cc(C[C@@H]2COC[C@@H]2NC(=O)c2c(C)nc3ncccn23)on1. The Balaban J connectivity index is 1.52. The molecule has 0 aliphatic carbocycles. The number of aryl methyl sites for hydroxylation is 2. The fraction of sp³-hybridized carbons (Fsp3) is 0.412. The number of hydrogen-bond acceptors (Lipinski definition) is 6. The van der Waals surface area contributed by atoms with Crippen molar-refractivity contribution in [1.29, 1.82) is 0 Å². The monoisotopic (exact) mass is 341 g/mol. The van der Waals surface area contributed by atoms with E-state index in [-0.39, 0.29) is 17.9 Å². The van der Waals surface area contributed by atoms with E-state index in [0.717, 1.165) is 11.5 Å². The van der Waals surface area contributed by atoms with Crippen LogP contribution in [0.25, 0.3) is 5.78 Å². The molecule has 4 heterocycles. The lowest BCUT2D eigenvalue weighted by Gasteiger charge is -2.18. The van der Waals surface area contributed by atoms with Gasteiger partial charge in [0.2, 0.25) is 5.78 Å². The second-order valence-corrected chi connectivity index (χ2v) is 6.35. The summed E-state index contributed by atoms with van der Waals surface area (Å²) < 4.78 is 12.6. The maximum absolute atomic E-state index is 12.8. The maximum atomic E-state index is 12.8. The number of amides is 1. The fourth-order valence-electron chi connectivity index (χ4n) is 3.24. The summed E-state index contributed by atoms with van der Waals surface area (Å²) in [6.07, 6.45) is 4.13. The van der Waals surface area contributed by atoms with Crippen LogP contribution in [0.2, 0.25) is 0 Å². The average Bonchev–Trinajstić information content (AvgIpc) is 3.27. The zero-order chi connectivity index (χ0) is 17.4. The quantitative estimate of drug-likeness (QED) is 0.769. The van der Waals surface area contributed by atoms with Crippen LogP contribution >= 0.6 is 0 Å². The normalized spacial score (nSPS) is 20.2. The Labute approximate surface area is 144 Å². The van der Waals surface area contributed by atoms with Gasteiger partial charge in [-0.15, -0.1) is 0 Å². The molecular weight excluding hydrogens is 322 g/mol. The lowest BCUT2D eigenvalue weighted by atomic mass is 9.98. The van der Waals surface area contributed by atoms with Crippen LogP contribution in [0.3, 0.4) is 0 Å². The van der Waals surface area contributed by atoms with Crippen LogP contribution in [0, 0.1) is 19.8 Å². The Bertz CT molecular complexity index is 916. The first-order valence-electron chi connectivity index (χ1n) is 8.22. The standard InChI is InChI=1S/C17H19N5O3/c1-10-6-13(25-21-10)7-12-8-24-9-14(12)20-16(23)15-11(2)19-17-18-4-3-5-22(15)17/h3-6,12,14H,7-9H2,1-2H3,(H,20,23)/t12-,14+/m1/s1. The van der Waals surface area contributed by atoms with Crippen LogP contribution < -0.4 is 5.32 Å². The molecule has 0 bridgehead atoms. The number of carbonyl (C=O) groups excluding carboxylic acids is 1. The Morgan fingerprint density at radius 2 is 2.28 bits per heavy atom. The molecule has 0 unspecified atom stereocenters. The topological polar surface area (TPSA) is 94.5 Å². The van der Waals surface area contributed by atoms with Crippen molar-refractivity contribution in [1.82, 2.24) is 24.8 Å². The molecule has 0 aromatic carbocycles. The third-order valence-corrected chi connectivity index (χ3v) is 4.45. The summed E-state index contributed by atoms with van der Waals surface area (Å²) in [4.78, 5) is 21.3. The summed E-state index contributed by atoms with van der Waals surface area (Å²) in [7, 11) is 0. The molecular formula is C17H19N5O3. The smallest absolute Gasteiger partial charge is 0.270 e. The summed E-state index contributed by atoms with van der Waals surface area (Å²) in [6.45, 7) is 4.76. The first kappa shape index (κ1) is 15.8. The molecule has 1 aliphatic heterocycles. The van der Waals surface area contributed by atoms with Gasteiger partial charge in [-0.25, -0.2) is 9.97 Å². The van der Waals surface area contributed by atoms with Gasteiger partial charge in [-0.2, -0.15) is 0 Å². The number of ether oxygens (including phenoxy) is 1. The van der Waals surface area contributed by atoms with Gasteiger partial charge >= 0.3 is 0 Å². The van der Waals surface area contributed by atoms with Crippen molar-refractivity contribution in [3.8, 4) is 0 Å². The molecule has 8 heteroatoms. The van der Waals surface area contributed by atoms with Gasteiger partial charge in [-0.05, 0) is 19.9 Å². The number of imidazole rings is 1. The number of hydrogen-bond donors (Lipinski definition) is 1. The highest BCUT2D eigenvalue weighted by Crippen LogP contribution is 2.20. The molecule has 1 N–H and O–H groups in total. The number of nitrogens with one attached hydrogen (secondary N) is 1. The Morgan fingerprint density at radius 3 is 3.08 bits per heavy atom. The summed E-state index contributed by atoms with van der Waals surface area (Å²) in [5.74, 6) is 1.30. The summed E-state index contributed by atoms with van der Waals surface area (Å²) >= 11 is 0. The molecule has 0 radical (unpaired) electrons. The number of carbonyl (C=O) groups is 1. The molecule has 1 aliphatic rings. The second kappa shape index (κ2) is 6.29. The van der Waals surface area contributed by atoms with Crippen molar-refractivity contribution >= 4 is 11.7 Å². The highest BCUT2D eigenvalue weighted by atomic mass is 16.5. The number of aromatic nitrogens is 4. The molecule has 1 amide bonds. The van der Waals surface area contributed by atoms with Crippen LogP contribution in [-0.4, -0.2) is 44.7 Å². The Morgan fingerprint density at radius 1 is 1.40 bits per heavy atom. The molecule has 8 nitrogen and oxygen atoms in total. The van der Waals surface area contributed by atoms with E-state index in [2.05, 4.69) is 20.4 Å². The van der Waals surface area contributed by atoms with Gasteiger partial charge < -0.3 is 14.6 Å². The van der Waals surface area contributed by atoms with Crippen LogP contribution in [-0.2, 0) is 11.2 Å². The van der Waals surface area contributed by atoms with E-state index >= 15 is 0 Å². The van der Waals surface area contributed by atoms with Gasteiger partial charge in [0.1, 0.15) is 11.5 Å². The Hall–Kier alpha value is -2.74. The van der Waals surface area contributed by atoms with Gasteiger partial charge in [0.15, 0.2) is 0 Å². The minimum atomic E-state index is -0.174. The lowest BCUT2D eigenvalue weighted by Crippen LogP contribution is -2.41. The third-order valence-electron chi connectivity index (χ3n) is 4.45. The van der Waals surface area contributed by atoms with Crippen molar-refractivity contribution in [2.24, 2.45) is 5.92 Å². The lowest BCUT2D eigenvalue weighted by molar-refractivity contribution is 0.0918. The molecule has 2 atom stereocenters. The highest BCUT2D eigenvalue weighted by Gasteiger charge is 2.32. The van der Waals surface area contributed by atoms with E-state index < -0.39 is 0 Å². The second-order valence-electron chi connectivity index (χ2n) is 6.35. The van der Waals surface area contributed by atoms with E-state index in [1.54, 1.807) is 22.9 Å². The third kappa shape index (κ3) is 3.00. The van der Waals surface area contributed by atoms with Crippen LogP contribution in [0.1, 0.15) is 27.6 Å². The van der Waals surface area contributed by atoms with Crippen molar-refractivity contribution in [3.63, 3.8) is 0 Å². The first-order valence-corrected chi connectivity index (χ1v) is 8.22. The summed E-state index contributed by atoms with van der Waals surface area (Å²) in [5, 5.41) is 6.99. The first-order chi connectivity index (χ1) is 12.1. The van der Waals surface area contributed by atoms with E-state index in [4.69, 9.17) is 9.26 Å². The maximum Gasteiger partial charge on any atom is 0.270 e. The average molecular weight is 341 g/mol. The molecule has 0 saturated carbocycles. The molecule has 130 valence electrons. The molecule has 3 aromatic heterocycles. The molecule has 1 fully saturated rings. The summed E-state index contributed by atoms with van der Waals surface area (Å²) in [6, 6.07) is 3.61. The van der Waals surface area contributed by atoms with E-state index in [0.29, 0.717) is 36.8 Å². The van der Waals surface area contributed by atoms with Crippen molar-refractivity contribution in [3.05, 3.63) is 47.4 Å². The Kier molecular flexibility index (Phi) is 3.96. The van der Waals surface area contributed by atoms with Crippen molar-refractivity contribution in [2.75, 3.05) is 13.2 Å². The number of nitrogens with zero attached hydrogens (tertiary/aromatic N) is 4. The zero-order valence-corrected chi connectivity index (χ0v) is 14.1. The largest absolute Gasteiger partial charge is 0.379 e. The predicted molar refractivity (Wildman–Crippen MR) is 88.2 cm³/mol. The van der Waals surface area contributed by atoms with Gasteiger partial charge in [0.25, 0.3) is 5.91 Å². The van der Waals surface area contributed by atoms with E-state index in [9.17, 15) is 4.79 Å². The molecule has 1 saturated heterocycles. The van der Waals surface area contributed by atoms with Gasteiger partial charge in [0.05, 0.1) is 30.6 Å². The van der Waals surface area contributed by atoms with Crippen LogP contribution in [0.5, 0.6) is 0 Å². The van der Waals surface area contributed by atoms with E-state index in [1.165, 1.54) is 0 Å². The van der Waals surface area contributed by atoms with Crippen molar-refractivity contribution in [2.45, 2.75) is 26.3 Å². The highest BCUT2D eigenvalue weighted by molar-refractivity contribution is 5.94. The van der Waals surface area contributed by atoms with Crippen LogP contribution in [0.15, 0.2) is 29.0 Å². The molecule has 0 spiro atoms. The molecule has 25 heavy (non-hydrogen) atoms. The van der Waals surface area contributed by atoms with Crippen LogP contribution in [0.4, 0.5) is 0 Å². The minimum absolute atomic E-state index is 0.0838. The molecule has 3 aromatic rings. The fourth-order valence-corrected chi connectivity index (χ4v) is 3.24. The number of rotatable bonds is 4. The van der Waals surface area contributed by atoms with Gasteiger partial charge in [0, 0.05) is 30.8 Å². The minimum Gasteiger partial charge on any atom is -0.379 e. The van der Waals surface area contributed by atoms with E-state index in [1.807, 2.05) is 19.9 Å². The summed E-state index contributed by atoms with van der Waals surface area (Å²) in [5.41, 5.74) is 2.00. The van der Waals surface area contributed by atoms with Gasteiger partial charge in [-0.1, -0.05) is 5.16 Å². The van der Waals surface area contributed by atoms with Crippen molar-refractivity contribution < 1.29 is 14.1 Å². The predicted octanol–water partition coefficient (Wildman–Crippen LogP) is 1.32. The number of fused-ring (bicyclic) bond motifs is 1. The zero-order valence-electron chi connectivity index (χ0n) is 14.1. The van der Waals surface area contributed by atoms with Gasteiger partial charge in [-0.3, -0.25) is 9.20 Å². The molecule has 4 rings (SSSR count).